The number of nitrogens with one attached hydrogen (secondary N) is 1. The molecule has 1 N–H and O–H groups in total. The Morgan fingerprint density at radius 1 is 1.33 bits per heavy atom. The van der Waals surface area contributed by atoms with Gasteiger partial charge in [0.2, 0.25) is 0 Å². The minimum atomic E-state index is 0.413. The highest BCUT2D eigenvalue weighted by molar-refractivity contribution is 4.66. The largest absolute Gasteiger partial charge is 0.377 e. The fraction of sp³-hybridized carbons (Fsp3) is 1.00. The first kappa shape index (κ1) is 7.03. The van der Waals surface area contributed by atoms with Crippen molar-refractivity contribution in [3.63, 3.8) is 0 Å². The Balaban J connectivity index is 1.98. The molecule has 1 aliphatic rings. The normalized spacial score (nSPS) is 21.0. The molecular formula is C7H14NO. The lowest BCUT2D eigenvalue weighted by molar-refractivity contribution is 0.0635. The molecule has 1 aliphatic carbocycles. The van der Waals surface area contributed by atoms with Gasteiger partial charge in [0.05, 0.1) is 12.7 Å². The third-order valence-electron chi connectivity index (χ3n) is 1.76. The topological polar surface area (TPSA) is 33.0 Å². The summed E-state index contributed by atoms with van der Waals surface area (Å²) >= 11 is 0. The van der Waals surface area contributed by atoms with Crippen molar-refractivity contribution in [3.05, 3.63) is 0 Å². The summed E-state index contributed by atoms with van der Waals surface area (Å²) in [4.78, 5) is 0. The van der Waals surface area contributed by atoms with Crippen molar-refractivity contribution in [2.75, 3.05) is 13.2 Å². The minimum absolute atomic E-state index is 0.413. The Hall–Kier alpha value is -0.0800. The summed E-state index contributed by atoms with van der Waals surface area (Å²) in [7, 11) is 0. The third kappa shape index (κ3) is 2.33. The van der Waals surface area contributed by atoms with Crippen molar-refractivity contribution >= 4 is 0 Å². The standard InChI is InChI=1S/C7H14NO/c8-5-6-9-7-3-1-2-4-7/h7-8H,1-6H2. The number of hydrogen-bond acceptors (Lipinski definition) is 1. The van der Waals surface area contributed by atoms with Crippen LogP contribution in [0.1, 0.15) is 25.7 Å². The molecule has 2 heteroatoms. The molecule has 0 spiro atoms. The van der Waals surface area contributed by atoms with Gasteiger partial charge in [0.25, 0.3) is 0 Å². The predicted octanol–water partition coefficient (Wildman–Crippen LogP) is 1.23. The fourth-order valence-corrected chi connectivity index (χ4v) is 1.28. The molecule has 0 unspecified atom stereocenters. The van der Waals surface area contributed by atoms with Crippen LogP contribution in [0.25, 0.3) is 0 Å². The maximum Gasteiger partial charge on any atom is 0.0608 e. The predicted molar refractivity (Wildman–Crippen MR) is 36.2 cm³/mol. The van der Waals surface area contributed by atoms with E-state index in [0.29, 0.717) is 19.3 Å². The van der Waals surface area contributed by atoms with E-state index in [1.807, 2.05) is 0 Å². The maximum absolute atomic E-state index is 6.84. The van der Waals surface area contributed by atoms with Crippen LogP contribution < -0.4 is 5.73 Å². The van der Waals surface area contributed by atoms with Crippen molar-refractivity contribution in [2.45, 2.75) is 31.8 Å². The summed E-state index contributed by atoms with van der Waals surface area (Å²) in [6.07, 6.45) is 5.58. The Morgan fingerprint density at radius 3 is 2.56 bits per heavy atom. The van der Waals surface area contributed by atoms with Gasteiger partial charge in [-0.15, -0.1) is 0 Å². The molecule has 0 amide bonds. The van der Waals surface area contributed by atoms with Gasteiger partial charge in [-0.2, -0.15) is 0 Å². The van der Waals surface area contributed by atoms with E-state index >= 15 is 0 Å². The van der Waals surface area contributed by atoms with Crippen LogP contribution in [0.4, 0.5) is 0 Å². The van der Waals surface area contributed by atoms with Crippen molar-refractivity contribution in [3.8, 4) is 0 Å². The molecule has 1 fully saturated rings. The molecule has 2 nitrogen and oxygen atoms in total. The SMILES string of the molecule is [NH]CCOC1CCCC1. The van der Waals surface area contributed by atoms with E-state index in [4.69, 9.17) is 10.5 Å². The lowest BCUT2D eigenvalue weighted by Gasteiger charge is -2.08. The van der Waals surface area contributed by atoms with E-state index in [-0.39, 0.29) is 0 Å². The van der Waals surface area contributed by atoms with Crippen molar-refractivity contribution in [1.29, 1.82) is 0 Å². The van der Waals surface area contributed by atoms with Gasteiger partial charge in [-0.3, -0.25) is 5.73 Å². The summed E-state index contributed by atoms with van der Waals surface area (Å²) in [6.45, 7) is 1.04. The number of ether oxygens (including phenoxy) is 1. The summed E-state index contributed by atoms with van der Waals surface area (Å²) in [5.41, 5.74) is 6.84. The molecule has 9 heavy (non-hydrogen) atoms. The summed E-state index contributed by atoms with van der Waals surface area (Å²) < 4.78 is 5.36. The van der Waals surface area contributed by atoms with Crippen LogP contribution in [0.3, 0.4) is 0 Å². The number of rotatable bonds is 3. The van der Waals surface area contributed by atoms with Gasteiger partial charge in [0.1, 0.15) is 0 Å². The highest BCUT2D eigenvalue weighted by atomic mass is 16.5. The average Bonchev–Trinajstić information content (AvgIpc) is 2.34. The van der Waals surface area contributed by atoms with Crippen molar-refractivity contribution < 1.29 is 4.74 Å². The zero-order chi connectivity index (χ0) is 6.53. The van der Waals surface area contributed by atoms with Gasteiger partial charge in [0.15, 0.2) is 0 Å². The van der Waals surface area contributed by atoms with Gasteiger partial charge < -0.3 is 4.74 Å². The summed E-state index contributed by atoms with van der Waals surface area (Å²) in [5.74, 6) is 0. The lowest BCUT2D eigenvalue weighted by Crippen LogP contribution is -2.10. The van der Waals surface area contributed by atoms with Crippen LogP contribution in [0, 0.1) is 0 Å². The molecule has 0 saturated heterocycles. The van der Waals surface area contributed by atoms with E-state index in [2.05, 4.69) is 0 Å². The minimum Gasteiger partial charge on any atom is -0.377 e. The van der Waals surface area contributed by atoms with Crippen LogP contribution >= 0.6 is 0 Å². The molecule has 53 valence electrons. The molecule has 0 aromatic rings. The highest BCUT2D eigenvalue weighted by Gasteiger charge is 2.13. The zero-order valence-electron chi connectivity index (χ0n) is 5.73. The van der Waals surface area contributed by atoms with Gasteiger partial charge in [-0.05, 0) is 12.8 Å². The molecule has 1 radical (unpaired) electrons. The van der Waals surface area contributed by atoms with Crippen LogP contribution in [0.15, 0.2) is 0 Å². The van der Waals surface area contributed by atoms with Crippen LogP contribution in [0.5, 0.6) is 0 Å². The lowest BCUT2D eigenvalue weighted by atomic mass is 10.3. The van der Waals surface area contributed by atoms with E-state index in [1.54, 1.807) is 0 Å². The quantitative estimate of drug-likeness (QED) is 0.562. The van der Waals surface area contributed by atoms with E-state index in [1.165, 1.54) is 25.7 Å². The third-order valence-corrected chi connectivity index (χ3v) is 1.76. The molecule has 0 bridgehead atoms. The second kappa shape index (κ2) is 3.85. The molecule has 0 aromatic carbocycles. The Labute approximate surface area is 56.4 Å². The van der Waals surface area contributed by atoms with Crippen molar-refractivity contribution in [1.82, 2.24) is 5.73 Å². The van der Waals surface area contributed by atoms with Gasteiger partial charge in [0, 0.05) is 6.54 Å². The summed E-state index contributed by atoms with van der Waals surface area (Å²) in [5, 5.41) is 0. The molecule has 1 saturated carbocycles. The second-order valence-corrected chi connectivity index (χ2v) is 2.53. The Bertz CT molecular complexity index is 69.3. The van der Waals surface area contributed by atoms with Crippen LogP contribution in [0.2, 0.25) is 0 Å². The van der Waals surface area contributed by atoms with Gasteiger partial charge in [-0.25, -0.2) is 0 Å². The molecule has 0 atom stereocenters. The Kier molecular flexibility index (Phi) is 3.01. The first-order valence-corrected chi connectivity index (χ1v) is 3.69. The molecule has 1 rings (SSSR count). The van der Waals surface area contributed by atoms with Crippen LogP contribution in [-0.2, 0) is 4.74 Å². The van der Waals surface area contributed by atoms with E-state index in [9.17, 15) is 0 Å². The first-order valence-electron chi connectivity index (χ1n) is 3.69. The van der Waals surface area contributed by atoms with Gasteiger partial charge >= 0.3 is 0 Å². The average molecular weight is 128 g/mol. The Morgan fingerprint density at radius 2 is 2.00 bits per heavy atom. The molecule has 0 aliphatic heterocycles. The molecular weight excluding hydrogens is 114 g/mol. The first-order chi connectivity index (χ1) is 4.43. The van der Waals surface area contributed by atoms with Gasteiger partial charge in [-0.1, -0.05) is 12.8 Å². The molecule has 0 heterocycles. The van der Waals surface area contributed by atoms with E-state index in [0.717, 1.165) is 0 Å². The fourth-order valence-electron chi connectivity index (χ4n) is 1.28. The van der Waals surface area contributed by atoms with Crippen LogP contribution in [-0.4, -0.2) is 19.3 Å². The van der Waals surface area contributed by atoms with Crippen molar-refractivity contribution in [2.24, 2.45) is 0 Å². The summed E-state index contributed by atoms with van der Waals surface area (Å²) in [6, 6.07) is 0. The number of hydrogen-bond donors (Lipinski definition) is 0. The second-order valence-electron chi connectivity index (χ2n) is 2.53. The molecule has 0 aromatic heterocycles. The monoisotopic (exact) mass is 128 g/mol. The zero-order valence-corrected chi connectivity index (χ0v) is 5.73. The van der Waals surface area contributed by atoms with E-state index < -0.39 is 0 Å². The highest BCUT2D eigenvalue weighted by Crippen LogP contribution is 2.20. The maximum atomic E-state index is 6.84. The smallest absolute Gasteiger partial charge is 0.0608 e.